The van der Waals surface area contributed by atoms with Crippen LogP contribution in [0.1, 0.15) is 42.5 Å². The molecule has 0 unspecified atom stereocenters. The topological polar surface area (TPSA) is 15.3 Å². The molecule has 2 rings (SSSR count). The van der Waals surface area contributed by atoms with Crippen LogP contribution in [0.5, 0.6) is 0 Å². The number of halogens is 2. The highest BCUT2D eigenvalue weighted by molar-refractivity contribution is 5.85. The Morgan fingerprint density at radius 1 is 1.15 bits per heavy atom. The molecule has 1 saturated heterocycles. The normalized spacial score (nSPS) is 16.9. The monoisotopic (exact) mass is 318 g/mol. The predicted octanol–water partition coefficient (Wildman–Crippen LogP) is 3.89. The van der Waals surface area contributed by atoms with Crippen LogP contribution in [-0.2, 0) is 0 Å². The molecule has 1 aliphatic heterocycles. The van der Waals surface area contributed by atoms with Crippen LogP contribution in [0, 0.1) is 13.8 Å². The summed E-state index contributed by atoms with van der Waals surface area (Å²) in [5.41, 5.74) is 4.35. The number of hydrogen-bond donors (Lipinski definition) is 1. The maximum absolute atomic E-state index is 3.45. The Morgan fingerprint density at radius 3 is 2.35 bits per heavy atom. The SMILES string of the molecule is CCC[C@H](c1ccc(C)cc1C)N1CCNCC1.Cl.Cl. The molecule has 0 saturated carbocycles. The number of aryl methyl sites for hydroxylation is 2. The lowest BCUT2D eigenvalue weighted by molar-refractivity contribution is 0.164. The van der Waals surface area contributed by atoms with Crippen molar-refractivity contribution < 1.29 is 0 Å². The lowest BCUT2D eigenvalue weighted by Gasteiger charge is -2.36. The fraction of sp³-hybridized carbons (Fsp3) is 0.625. The van der Waals surface area contributed by atoms with Crippen molar-refractivity contribution in [1.82, 2.24) is 10.2 Å². The largest absolute Gasteiger partial charge is 0.314 e. The number of rotatable bonds is 4. The molecule has 1 aromatic rings. The van der Waals surface area contributed by atoms with Gasteiger partial charge in [0.15, 0.2) is 0 Å². The van der Waals surface area contributed by atoms with Gasteiger partial charge in [0.05, 0.1) is 0 Å². The van der Waals surface area contributed by atoms with Crippen LogP contribution in [0.25, 0.3) is 0 Å². The zero-order valence-corrected chi connectivity index (χ0v) is 14.4. The Kier molecular flexibility index (Phi) is 9.48. The van der Waals surface area contributed by atoms with Crippen LogP contribution >= 0.6 is 24.8 Å². The standard InChI is InChI=1S/C16H26N2.2ClH/c1-4-5-16(18-10-8-17-9-11-18)15-7-6-13(2)12-14(15)3;;/h6-7,12,16-17H,4-5,8-11H2,1-3H3;2*1H/t16-;;/m1../s1. The summed E-state index contributed by atoms with van der Waals surface area (Å²) in [4.78, 5) is 2.65. The van der Waals surface area contributed by atoms with Gasteiger partial charge in [-0.05, 0) is 31.4 Å². The Balaban J connectivity index is 0.00000180. The van der Waals surface area contributed by atoms with E-state index in [4.69, 9.17) is 0 Å². The van der Waals surface area contributed by atoms with Gasteiger partial charge in [0, 0.05) is 32.2 Å². The molecule has 0 bridgehead atoms. The lowest BCUT2D eigenvalue weighted by atomic mass is 9.94. The third-order valence-corrected chi connectivity index (χ3v) is 3.94. The van der Waals surface area contributed by atoms with E-state index < -0.39 is 0 Å². The average molecular weight is 319 g/mol. The number of nitrogens with one attached hydrogen (secondary N) is 1. The van der Waals surface area contributed by atoms with E-state index in [-0.39, 0.29) is 24.8 Å². The molecular weight excluding hydrogens is 291 g/mol. The van der Waals surface area contributed by atoms with Crippen LogP contribution in [-0.4, -0.2) is 31.1 Å². The first kappa shape index (κ1) is 19.7. The molecule has 1 aliphatic rings. The highest BCUT2D eigenvalue weighted by Crippen LogP contribution is 2.29. The zero-order valence-electron chi connectivity index (χ0n) is 12.8. The van der Waals surface area contributed by atoms with Crippen molar-refractivity contribution >= 4 is 24.8 Å². The minimum atomic E-state index is 0. The van der Waals surface area contributed by atoms with Gasteiger partial charge >= 0.3 is 0 Å². The Bertz CT molecular complexity index is 390. The van der Waals surface area contributed by atoms with E-state index >= 15 is 0 Å². The molecule has 0 aliphatic carbocycles. The molecule has 1 fully saturated rings. The molecular formula is C16H28Cl2N2. The van der Waals surface area contributed by atoms with E-state index in [0.29, 0.717) is 6.04 Å². The minimum Gasteiger partial charge on any atom is -0.314 e. The first-order valence-electron chi connectivity index (χ1n) is 7.24. The Morgan fingerprint density at radius 2 is 1.80 bits per heavy atom. The molecule has 116 valence electrons. The van der Waals surface area contributed by atoms with Crippen LogP contribution < -0.4 is 5.32 Å². The number of benzene rings is 1. The summed E-state index contributed by atoms with van der Waals surface area (Å²) in [6, 6.07) is 7.53. The molecule has 2 nitrogen and oxygen atoms in total. The van der Waals surface area contributed by atoms with E-state index in [0.717, 1.165) is 13.1 Å². The molecule has 1 atom stereocenters. The van der Waals surface area contributed by atoms with Crippen molar-refractivity contribution in [1.29, 1.82) is 0 Å². The van der Waals surface area contributed by atoms with Gasteiger partial charge < -0.3 is 5.32 Å². The molecule has 4 heteroatoms. The summed E-state index contributed by atoms with van der Waals surface area (Å²) in [6.07, 6.45) is 2.52. The van der Waals surface area contributed by atoms with Crippen molar-refractivity contribution in [2.45, 2.75) is 39.7 Å². The van der Waals surface area contributed by atoms with E-state index in [1.165, 1.54) is 42.6 Å². The molecule has 0 radical (unpaired) electrons. The Hall–Kier alpha value is -0.280. The highest BCUT2D eigenvalue weighted by atomic mass is 35.5. The van der Waals surface area contributed by atoms with E-state index in [9.17, 15) is 0 Å². The van der Waals surface area contributed by atoms with Crippen LogP contribution in [0.2, 0.25) is 0 Å². The summed E-state index contributed by atoms with van der Waals surface area (Å²) in [5, 5.41) is 3.45. The molecule has 1 heterocycles. The van der Waals surface area contributed by atoms with Gasteiger partial charge in [0.1, 0.15) is 0 Å². The molecule has 20 heavy (non-hydrogen) atoms. The molecule has 1 aromatic carbocycles. The third-order valence-electron chi connectivity index (χ3n) is 3.94. The van der Waals surface area contributed by atoms with Gasteiger partial charge in [-0.3, -0.25) is 4.90 Å². The lowest BCUT2D eigenvalue weighted by Crippen LogP contribution is -2.45. The van der Waals surface area contributed by atoms with E-state index in [1.54, 1.807) is 0 Å². The van der Waals surface area contributed by atoms with Crippen molar-refractivity contribution in [3.63, 3.8) is 0 Å². The third kappa shape index (κ3) is 4.92. The second-order valence-electron chi connectivity index (χ2n) is 5.45. The summed E-state index contributed by atoms with van der Waals surface area (Å²) < 4.78 is 0. The second kappa shape index (κ2) is 9.62. The van der Waals surface area contributed by atoms with Crippen molar-refractivity contribution in [2.75, 3.05) is 26.2 Å². The van der Waals surface area contributed by atoms with Crippen LogP contribution in [0.4, 0.5) is 0 Å². The van der Waals surface area contributed by atoms with Gasteiger partial charge in [-0.2, -0.15) is 0 Å². The van der Waals surface area contributed by atoms with Crippen molar-refractivity contribution in [3.05, 3.63) is 34.9 Å². The molecule has 0 aromatic heterocycles. The quantitative estimate of drug-likeness (QED) is 0.906. The van der Waals surface area contributed by atoms with Crippen LogP contribution in [0.3, 0.4) is 0 Å². The molecule has 0 spiro atoms. The van der Waals surface area contributed by atoms with E-state index in [2.05, 4.69) is 49.2 Å². The maximum atomic E-state index is 3.45. The summed E-state index contributed by atoms with van der Waals surface area (Å²) in [6.45, 7) is 11.3. The summed E-state index contributed by atoms with van der Waals surface area (Å²) >= 11 is 0. The Labute approximate surface area is 136 Å². The van der Waals surface area contributed by atoms with E-state index in [1.807, 2.05) is 0 Å². The number of nitrogens with zero attached hydrogens (tertiary/aromatic N) is 1. The smallest absolute Gasteiger partial charge is 0.0351 e. The maximum Gasteiger partial charge on any atom is 0.0351 e. The van der Waals surface area contributed by atoms with Gasteiger partial charge in [0.2, 0.25) is 0 Å². The number of piperazine rings is 1. The fourth-order valence-corrected chi connectivity index (χ4v) is 3.00. The fourth-order valence-electron chi connectivity index (χ4n) is 3.00. The first-order chi connectivity index (χ1) is 8.72. The predicted molar refractivity (Wildman–Crippen MR) is 92.5 cm³/mol. The summed E-state index contributed by atoms with van der Waals surface area (Å²) in [5.74, 6) is 0. The minimum absolute atomic E-state index is 0. The average Bonchev–Trinajstić information content (AvgIpc) is 2.38. The van der Waals surface area contributed by atoms with Crippen molar-refractivity contribution in [3.8, 4) is 0 Å². The first-order valence-corrected chi connectivity index (χ1v) is 7.24. The van der Waals surface area contributed by atoms with Gasteiger partial charge in [-0.1, -0.05) is 37.1 Å². The van der Waals surface area contributed by atoms with Gasteiger partial charge in [-0.15, -0.1) is 24.8 Å². The second-order valence-corrected chi connectivity index (χ2v) is 5.45. The molecule has 0 amide bonds. The van der Waals surface area contributed by atoms with Crippen LogP contribution in [0.15, 0.2) is 18.2 Å². The summed E-state index contributed by atoms with van der Waals surface area (Å²) in [7, 11) is 0. The van der Waals surface area contributed by atoms with Gasteiger partial charge in [-0.25, -0.2) is 0 Å². The van der Waals surface area contributed by atoms with Gasteiger partial charge in [0.25, 0.3) is 0 Å². The zero-order chi connectivity index (χ0) is 13.0. The number of hydrogen-bond acceptors (Lipinski definition) is 2. The van der Waals surface area contributed by atoms with Crippen molar-refractivity contribution in [2.24, 2.45) is 0 Å². The molecule has 1 N–H and O–H groups in total. The highest BCUT2D eigenvalue weighted by Gasteiger charge is 2.22.